The predicted octanol–water partition coefficient (Wildman–Crippen LogP) is 3.85. The maximum atomic E-state index is 11.9. The van der Waals surface area contributed by atoms with E-state index in [0.717, 1.165) is 0 Å². The summed E-state index contributed by atoms with van der Waals surface area (Å²) in [6.07, 6.45) is 0. The van der Waals surface area contributed by atoms with E-state index in [1.807, 2.05) is 27.7 Å². The van der Waals surface area contributed by atoms with E-state index in [1.54, 1.807) is 18.2 Å². The second kappa shape index (κ2) is 6.80. The van der Waals surface area contributed by atoms with E-state index in [-0.39, 0.29) is 23.4 Å². The first-order valence-electron chi connectivity index (χ1n) is 6.74. The lowest BCUT2D eigenvalue weighted by Crippen LogP contribution is -2.43. The van der Waals surface area contributed by atoms with Gasteiger partial charge in [0.15, 0.2) is 0 Å². The van der Waals surface area contributed by atoms with E-state index in [0.29, 0.717) is 16.4 Å². The number of halogens is 1. The van der Waals surface area contributed by atoms with Crippen molar-refractivity contribution in [3.05, 3.63) is 23.2 Å². The van der Waals surface area contributed by atoms with Crippen LogP contribution in [0, 0.1) is 5.41 Å². The number of rotatable bonds is 3. The van der Waals surface area contributed by atoms with Gasteiger partial charge in [-0.05, 0) is 30.5 Å². The van der Waals surface area contributed by atoms with E-state index in [9.17, 15) is 9.59 Å². The summed E-state index contributed by atoms with van der Waals surface area (Å²) in [4.78, 5) is 22.9. The van der Waals surface area contributed by atoms with Gasteiger partial charge in [0.2, 0.25) is 5.91 Å². The Hall–Kier alpha value is -1.75. The van der Waals surface area contributed by atoms with Crippen LogP contribution in [0.1, 0.15) is 34.6 Å². The highest BCUT2D eigenvalue weighted by molar-refractivity contribution is 6.34. The van der Waals surface area contributed by atoms with Crippen LogP contribution in [0.15, 0.2) is 18.2 Å². The second-order valence-electron chi connectivity index (χ2n) is 6.06. The molecule has 0 spiro atoms. The van der Waals surface area contributed by atoms with Crippen LogP contribution < -0.4 is 16.0 Å². The fraction of sp³-hybridized carbons (Fsp3) is 0.467. The zero-order chi connectivity index (χ0) is 16.2. The number of benzene rings is 1. The van der Waals surface area contributed by atoms with Crippen LogP contribution in [-0.2, 0) is 4.79 Å². The number of urea groups is 1. The number of hydrogen-bond acceptors (Lipinski definition) is 2. The Morgan fingerprint density at radius 1 is 1.19 bits per heavy atom. The van der Waals surface area contributed by atoms with Crippen LogP contribution in [0.25, 0.3) is 0 Å². The van der Waals surface area contributed by atoms with Crippen LogP contribution in [-0.4, -0.2) is 18.0 Å². The molecule has 3 amide bonds. The van der Waals surface area contributed by atoms with Gasteiger partial charge in [-0.1, -0.05) is 32.4 Å². The van der Waals surface area contributed by atoms with Gasteiger partial charge in [0.25, 0.3) is 0 Å². The lowest BCUT2D eigenvalue weighted by molar-refractivity contribution is -0.114. The smallest absolute Gasteiger partial charge is 0.319 e. The second-order valence-corrected chi connectivity index (χ2v) is 6.47. The molecule has 0 radical (unpaired) electrons. The van der Waals surface area contributed by atoms with Gasteiger partial charge in [0, 0.05) is 18.7 Å². The summed E-state index contributed by atoms with van der Waals surface area (Å²) in [6.45, 7) is 9.51. The van der Waals surface area contributed by atoms with Crippen molar-refractivity contribution in [2.75, 3.05) is 10.6 Å². The van der Waals surface area contributed by atoms with Crippen molar-refractivity contribution in [2.45, 2.75) is 40.7 Å². The number of carbonyl (C=O) groups is 2. The average molecular weight is 312 g/mol. The summed E-state index contributed by atoms with van der Waals surface area (Å²) >= 11 is 6.09. The van der Waals surface area contributed by atoms with Crippen molar-refractivity contribution < 1.29 is 9.59 Å². The molecule has 0 aliphatic heterocycles. The quantitative estimate of drug-likeness (QED) is 0.793. The van der Waals surface area contributed by atoms with E-state index in [2.05, 4.69) is 16.0 Å². The van der Waals surface area contributed by atoms with Crippen molar-refractivity contribution >= 4 is 34.9 Å². The van der Waals surface area contributed by atoms with Gasteiger partial charge in [-0.15, -0.1) is 0 Å². The Kier molecular flexibility index (Phi) is 5.61. The third kappa shape index (κ3) is 5.63. The third-order valence-electron chi connectivity index (χ3n) is 3.18. The largest absolute Gasteiger partial charge is 0.335 e. The number of hydrogen-bond donors (Lipinski definition) is 3. The molecule has 5 nitrogen and oxygen atoms in total. The van der Waals surface area contributed by atoms with Crippen molar-refractivity contribution in [1.82, 2.24) is 5.32 Å². The molecular formula is C15H22ClN3O2. The van der Waals surface area contributed by atoms with Gasteiger partial charge in [-0.3, -0.25) is 4.79 Å². The van der Waals surface area contributed by atoms with E-state index >= 15 is 0 Å². The number of nitrogens with one attached hydrogen (secondary N) is 3. The van der Waals surface area contributed by atoms with Crippen LogP contribution in [0.4, 0.5) is 16.2 Å². The molecule has 21 heavy (non-hydrogen) atoms. The highest BCUT2D eigenvalue weighted by Crippen LogP contribution is 2.26. The van der Waals surface area contributed by atoms with Gasteiger partial charge >= 0.3 is 6.03 Å². The molecule has 0 aliphatic carbocycles. The van der Waals surface area contributed by atoms with Gasteiger partial charge < -0.3 is 16.0 Å². The van der Waals surface area contributed by atoms with Crippen LogP contribution in [0.3, 0.4) is 0 Å². The molecule has 1 rings (SSSR count). The van der Waals surface area contributed by atoms with Crippen molar-refractivity contribution in [3.63, 3.8) is 0 Å². The summed E-state index contributed by atoms with van der Waals surface area (Å²) in [7, 11) is 0. The van der Waals surface area contributed by atoms with Crippen LogP contribution in [0.5, 0.6) is 0 Å². The van der Waals surface area contributed by atoms with Gasteiger partial charge in [0.1, 0.15) is 0 Å². The van der Waals surface area contributed by atoms with E-state index < -0.39 is 0 Å². The van der Waals surface area contributed by atoms with Crippen molar-refractivity contribution in [1.29, 1.82) is 0 Å². The molecule has 0 fully saturated rings. The molecule has 0 aromatic heterocycles. The molecule has 0 aliphatic rings. The monoisotopic (exact) mass is 311 g/mol. The maximum Gasteiger partial charge on any atom is 0.319 e. The number of anilines is 2. The average Bonchev–Trinajstić information content (AvgIpc) is 2.30. The van der Waals surface area contributed by atoms with Gasteiger partial charge in [0.05, 0.1) is 10.7 Å². The molecule has 3 N–H and O–H groups in total. The van der Waals surface area contributed by atoms with E-state index in [1.165, 1.54) is 6.92 Å². The summed E-state index contributed by atoms with van der Waals surface area (Å²) in [5.41, 5.74) is 1.04. The lowest BCUT2D eigenvalue weighted by atomic mass is 9.88. The molecule has 0 bridgehead atoms. The molecule has 1 atom stereocenters. The Labute approximate surface area is 130 Å². The molecule has 0 saturated heterocycles. The first kappa shape index (κ1) is 17.3. The summed E-state index contributed by atoms with van der Waals surface area (Å²) < 4.78 is 0. The molecule has 6 heteroatoms. The maximum absolute atomic E-state index is 11.9. The Morgan fingerprint density at radius 3 is 2.29 bits per heavy atom. The summed E-state index contributed by atoms with van der Waals surface area (Å²) in [6, 6.07) is 4.61. The fourth-order valence-electron chi connectivity index (χ4n) is 1.47. The van der Waals surface area contributed by atoms with Crippen LogP contribution >= 0.6 is 11.6 Å². The minimum atomic E-state index is -0.313. The third-order valence-corrected chi connectivity index (χ3v) is 3.50. The topological polar surface area (TPSA) is 70.2 Å². The first-order chi connectivity index (χ1) is 9.59. The minimum absolute atomic E-state index is 0.00919. The van der Waals surface area contributed by atoms with E-state index in [4.69, 9.17) is 11.6 Å². The fourth-order valence-corrected chi connectivity index (χ4v) is 1.70. The predicted molar refractivity (Wildman–Crippen MR) is 86.8 cm³/mol. The Bertz CT molecular complexity index is 538. The highest BCUT2D eigenvalue weighted by atomic mass is 35.5. The zero-order valence-corrected chi connectivity index (χ0v) is 13.8. The van der Waals surface area contributed by atoms with Crippen molar-refractivity contribution in [3.8, 4) is 0 Å². The molecular weight excluding hydrogens is 290 g/mol. The SMILES string of the molecule is CC(=O)Nc1ccc(NC(=O)NC(C)C(C)(C)C)c(Cl)c1. The van der Waals surface area contributed by atoms with Crippen molar-refractivity contribution in [2.24, 2.45) is 5.41 Å². The normalized spacial score (nSPS) is 12.5. The summed E-state index contributed by atoms with van der Waals surface area (Å²) in [5.74, 6) is -0.177. The minimum Gasteiger partial charge on any atom is -0.335 e. The molecule has 1 aromatic carbocycles. The standard InChI is InChI=1S/C15H22ClN3O2/c1-9(15(3,4)5)17-14(21)19-13-7-6-11(8-12(13)16)18-10(2)20/h6-9H,1-5H3,(H,18,20)(H2,17,19,21). The molecule has 1 unspecified atom stereocenters. The highest BCUT2D eigenvalue weighted by Gasteiger charge is 2.21. The van der Waals surface area contributed by atoms with Crippen LogP contribution in [0.2, 0.25) is 5.02 Å². The van der Waals surface area contributed by atoms with Gasteiger partial charge in [-0.25, -0.2) is 4.79 Å². The number of carbonyl (C=O) groups excluding carboxylic acids is 2. The molecule has 116 valence electrons. The summed E-state index contributed by atoms with van der Waals surface area (Å²) in [5, 5.41) is 8.55. The molecule has 0 saturated carbocycles. The molecule has 0 heterocycles. The number of amides is 3. The Balaban J connectivity index is 2.71. The zero-order valence-electron chi connectivity index (χ0n) is 13.0. The first-order valence-corrected chi connectivity index (χ1v) is 7.12. The van der Waals surface area contributed by atoms with Gasteiger partial charge in [-0.2, -0.15) is 0 Å². The molecule has 1 aromatic rings. The Morgan fingerprint density at radius 2 is 1.81 bits per heavy atom. The lowest BCUT2D eigenvalue weighted by Gasteiger charge is -2.28.